The summed E-state index contributed by atoms with van der Waals surface area (Å²) < 4.78 is 10.5. The average Bonchev–Trinajstić information content (AvgIpc) is 2.73. The second-order valence-corrected chi connectivity index (χ2v) is 6.44. The fourth-order valence-electron chi connectivity index (χ4n) is 2.85. The number of anilines is 1. The van der Waals surface area contributed by atoms with E-state index in [0.717, 1.165) is 5.56 Å². The number of carbonyl (C=O) groups excluding carboxylic acids is 2. The minimum Gasteiger partial charge on any atom is -0.493 e. The van der Waals surface area contributed by atoms with Crippen LogP contribution in [0.5, 0.6) is 11.5 Å². The first-order valence-electron chi connectivity index (χ1n) is 9.23. The summed E-state index contributed by atoms with van der Waals surface area (Å²) in [5, 5.41) is 11.7. The lowest BCUT2D eigenvalue weighted by Crippen LogP contribution is -2.33. The van der Waals surface area contributed by atoms with Crippen LogP contribution in [-0.2, 0) is 16.0 Å². The van der Waals surface area contributed by atoms with Gasteiger partial charge in [-0.2, -0.15) is 5.26 Å². The van der Waals surface area contributed by atoms with Crippen LogP contribution in [-0.4, -0.2) is 44.0 Å². The fraction of sp³-hybridized carbons (Fsp3) is 0.318. The number of nitrogens with one attached hydrogen (secondary N) is 1. The topological polar surface area (TPSA) is 91.7 Å². The Morgan fingerprint density at radius 3 is 2.48 bits per heavy atom. The molecule has 0 radical (unpaired) electrons. The number of hydrogen-bond donors (Lipinski definition) is 1. The van der Waals surface area contributed by atoms with Gasteiger partial charge in [0.25, 0.3) is 0 Å². The number of nitriles is 1. The summed E-state index contributed by atoms with van der Waals surface area (Å²) in [6.07, 6.45) is 0.800. The standard InChI is InChI=1S/C22H25N3O4/c1-16(26)25(11-9-17-7-8-20(28-2)21(14-17)29-3)12-10-22(27)24-19-6-4-5-18(13-19)15-23/h4-8,13-14H,9-12H2,1-3H3,(H,24,27). The molecule has 0 aromatic heterocycles. The van der Waals surface area contributed by atoms with E-state index in [1.54, 1.807) is 43.4 Å². The van der Waals surface area contributed by atoms with E-state index < -0.39 is 0 Å². The van der Waals surface area contributed by atoms with Gasteiger partial charge < -0.3 is 19.7 Å². The SMILES string of the molecule is COc1ccc(CCN(CCC(=O)Nc2cccc(C#N)c2)C(C)=O)cc1OC. The molecule has 0 aliphatic heterocycles. The predicted molar refractivity (Wildman–Crippen MR) is 110 cm³/mol. The van der Waals surface area contributed by atoms with Crippen molar-refractivity contribution in [3.05, 3.63) is 53.6 Å². The van der Waals surface area contributed by atoms with Gasteiger partial charge in [0.2, 0.25) is 11.8 Å². The van der Waals surface area contributed by atoms with Crippen LogP contribution in [0.25, 0.3) is 0 Å². The van der Waals surface area contributed by atoms with Crippen LogP contribution < -0.4 is 14.8 Å². The Morgan fingerprint density at radius 1 is 1.07 bits per heavy atom. The smallest absolute Gasteiger partial charge is 0.226 e. The number of amides is 2. The zero-order valence-electron chi connectivity index (χ0n) is 16.9. The van der Waals surface area contributed by atoms with Crippen LogP contribution >= 0.6 is 0 Å². The molecule has 0 aliphatic carbocycles. The molecule has 7 nitrogen and oxygen atoms in total. The third-order valence-electron chi connectivity index (χ3n) is 4.45. The molecule has 1 N–H and O–H groups in total. The minimum absolute atomic E-state index is 0.0928. The highest BCUT2D eigenvalue weighted by atomic mass is 16.5. The number of carbonyl (C=O) groups is 2. The van der Waals surface area contributed by atoms with Crippen molar-refractivity contribution in [2.45, 2.75) is 19.8 Å². The Balaban J connectivity index is 1.90. The molecule has 2 aromatic rings. The molecule has 0 saturated heterocycles. The molecule has 152 valence electrons. The van der Waals surface area contributed by atoms with Crippen LogP contribution in [0.3, 0.4) is 0 Å². The van der Waals surface area contributed by atoms with Gasteiger partial charge in [-0.3, -0.25) is 9.59 Å². The van der Waals surface area contributed by atoms with Gasteiger partial charge in [-0.25, -0.2) is 0 Å². The molecular weight excluding hydrogens is 370 g/mol. The second-order valence-electron chi connectivity index (χ2n) is 6.44. The summed E-state index contributed by atoms with van der Waals surface area (Å²) >= 11 is 0. The van der Waals surface area contributed by atoms with Gasteiger partial charge >= 0.3 is 0 Å². The number of benzene rings is 2. The van der Waals surface area contributed by atoms with E-state index in [0.29, 0.717) is 42.3 Å². The lowest BCUT2D eigenvalue weighted by Gasteiger charge is -2.21. The van der Waals surface area contributed by atoms with E-state index >= 15 is 0 Å². The van der Waals surface area contributed by atoms with Crippen molar-refractivity contribution in [3.8, 4) is 17.6 Å². The van der Waals surface area contributed by atoms with Gasteiger partial charge in [-0.15, -0.1) is 0 Å². The second kappa shape index (κ2) is 10.7. The maximum absolute atomic E-state index is 12.2. The molecule has 2 aromatic carbocycles. The quantitative estimate of drug-likeness (QED) is 0.705. The monoisotopic (exact) mass is 395 g/mol. The third kappa shape index (κ3) is 6.54. The van der Waals surface area contributed by atoms with E-state index in [4.69, 9.17) is 14.7 Å². The van der Waals surface area contributed by atoms with E-state index in [-0.39, 0.29) is 18.2 Å². The first-order valence-corrected chi connectivity index (χ1v) is 9.23. The molecule has 7 heteroatoms. The summed E-state index contributed by atoms with van der Waals surface area (Å²) in [6, 6.07) is 14.4. The van der Waals surface area contributed by atoms with E-state index in [1.165, 1.54) is 6.92 Å². The predicted octanol–water partition coefficient (Wildman–Crippen LogP) is 3.00. The minimum atomic E-state index is -0.211. The lowest BCUT2D eigenvalue weighted by molar-refractivity contribution is -0.129. The summed E-state index contributed by atoms with van der Waals surface area (Å²) in [5.41, 5.74) is 2.04. The highest BCUT2D eigenvalue weighted by Crippen LogP contribution is 2.27. The van der Waals surface area contributed by atoms with Crippen molar-refractivity contribution in [2.24, 2.45) is 0 Å². The van der Waals surface area contributed by atoms with Crippen molar-refractivity contribution >= 4 is 17.5 Å². The lowest BCUT2D eigenvalue weighted by atomic mass is 10.1. The largest absolute Gasteiger partial charge is 0.493 e. The van der Waals surface area contributed by atoms with Crippen LogP contribution in [0.4, 0.5) is 5.69 Å². The molecule has 2 amide bonds. The van der Waals surface area contributed by atoms with Crippen molar-refractivity contribution in [1.82, 2.24) is 4.90 Å². The molecule has 0 heterocycles. The Hall–Kier alpha value is -3.53. The first-order chi connectivity index (χ1) is 14.0. The maximum Gasteiger partial charge on any atom is 0.226 e. The molecule has 0 spiro atoms. The Bertz CT molecular complexity index is 905. The number of rotatable bonds is 9. The van der Waals surface area contributed by atoms with Crippen molar-refractivity contribution in [1.29, 1.82) is 5.26 Å². The van der Waals surface area contributed by atoms with Gasteiger partial charge in [0.15, 0.2) is 11.5 Å². The van der Waals surface area contributed by atoms with Crippen molar-refractivity contribution < 1.29 is 19.1 Å². The zero-order valence-corrected chi connectivity index (χ0v) is 16.9. The highest BCUT2D eigenvalue weighted by molar-refractivity contribution is 5.91. The molecule has 2 rings (SSSR count). The molecule has 0 fully saturated rings. The molecule has 0 bridgehead atoms. The van der Waals surface area contributed by atoms with Gasteiger partial charge in [0.1, 0.15) is 0 Å². The number of nitrogens with zero attached hydrogens (tertiary/aromatic N) is 2. The Kier molecular flexibility index (Phi) is 8.04. The van der Waals surface area contributed by atoms with Crippen molar-refractivity contribution in [3.63, 3.8) is 0 Å². The van der Waals surface area contributed by atoms with Gasteiger partial charge in [0, 0.05) is 32.1 Å². The summed E-state index contributed by atoms with van der Waals surface area (Å²) in [6.45, 7) is 2.29. The first kappa shape index (κ1) is 21.8. The van der Waals surface area contributed by atoms with E-state index in [9.17, 15) is 9.59 Å². The van der Waals surface area contributed by atoms with Gasteiger partial charge in [0.05, 0.1) is 25.9 Å². The average molecular weight is 395 g/mol. The molecule has 0 saturated carbocycles. The number of hydrogen-bond acceptors (Lipinski definition) is 5. The highest BCUT2D eigenvalue weighted by Gasteiger charge is 2.13. The number of ether oxygens (including phenoxy) is 2. The Morgan fingerprint density at radius 2 is 1.83 bits per heavy atom. The molecular formula is C22H25N3O4. The molecule has 0 aliphatic rings. The van der Waals surface area contributed by atoms with Crippen LogP contribution in [0, 0.1) is 11.3 Å². The van der Waals surface area contributed by atoms with Gasteiger partial charge in [-0.05, 0) is 42.3 Å². The number of methoxy groups -OCH3 is 2. The fourth-order valence-corrected chi connectivity index (χ4v) is 2.85. The van der Waals surface area contributed by atoms with Crippen LogP contribution in [0.1, 0.15) is 24.5 Å². The van der Waals surface area contributed by atoms with Crippen LogP contribution in [0.2, 0.25) is 0 Å². The molecule has 0 atom stereocenters. The van der Waals surface area contributed by atoms with Crippen LogP contribution in [0.15, 0.2) is 42.5 Å². The summed E-state index contributed by atoms with van der Waals surface area (Å²) in [7, 11) is 3.16. The van der Waals surface area contributed by atoms with E-state index in [2.05, 4.69) is 5.32 Å². The third-order valence-corrected chi connectivity index (χ3v) is 4.45. The van der Waals surface area contributed by atoms with Crippen molar-refractivity contribution in [2.75, 3.05) is 32.6 Å². The summed E-state index contributed by atoms with van der Waals surface area (Å²) in [5.74, 6) is 0.984. The molecule has 0 unspecified atom stereocenters. The maximum atomic E-state index is 12.2. The van der Waals surface area contributed by atoms with Gasteiger partial charge in [-0.1, -0.05) is 12.1 Å². The molecule has 29 heavy (non-hydrogen) atoms. The Labute approximate surface area is 170 Å². The van der Waals surface area contributed by atoms with E-state index in [1.807, 2.05) is 24.3 Å². The normalized spacial score (nSPS) is 10.0. The summed E-state index contributed by atoms with van der Waals surface area (Å²) in [4.78, 5) is 25.8. The zero-order chi connectivity index (χ0) is 21.2.